The molecule has 3 rings (SSSR count). The second-order valence-electron chi connectivity index (χ2n) is 7.50. The first-order chi connectivity index (χ1) is 17.6. The Morgan fingerprint density at radius 2 is 1.76 bits per heavy atom. The Morgan fingerprint density at radius 1 is 1.05 bits per heavy atom. The predicted molar refractivity (Wildman–Crippen MR) is 138 cm³/mol. The number of methoxy groups -OCH3 is 2. The van der Waals surface area contributed by atoms with Gasteiger partial charge in [-0.3, -0.25) is 10.1 Å². The highest BCUT2D eigenvalue weighted by Gasteiger charge is 2.25. The van der Waals surface area contributed by atoms with Gasteiger partial charge in [0.2, 0.25) is 10.0 Å². The van der Waals surface area contributed by atoms with Gasteiger partial charge >= 0.3 is 5.97 Å². The maximum absolute atomic E-state index is 12.7. The molecule has 2 aromatic carbocycles. The number of aromatic nitrogens is 1. The minimum absolute atomic E-state index is 0.170. The van der Waals surface area contributed by atoms with Crippen molar-refractivity contribution < 1.29 is 37.3 Å². The van der Waals surface area contributed by atoms with E-state index < -0.39 is 34.3 Å². The quantitative estimate of drug-likeness (QED) is 0.344. The van der Waals surface area contributed by atoms with Crippen molar-refractivity contribution in [3.8, 4) is 28.5 Å². The number of thiazole rings is 1. The Balaban J connectivity index is 1.66. The number of sulfonamides is 1. The summed E-state index contributed by atoms with van der Waals surface area (Å²) in [7, 11) is -0.803. The van der Waals surface area contributed by atoms with E-state index in [2.05, 4.69) is 10.3 Å². The van der Waals surface area contributed by atoms with Crippen LogP contribution in [0.5, 0.6) is 17.2 Å². The van der Waals surface area contributed by atoms with E-state index in [0.29, 0.717) is 17.2 Å². The fourth-order valence-electron chi connectivity index (χ4n) is 3.38. The first kappa shape index (κ1) is 27.9. The van der Waals surface area contributed by atoms with Crippen molar-refractivity contribution >= 4 is 38.4 Å². The Morgan fingerprint density at radius 3 is 2.41 bits per heavy atom. The lowest BCUT2D eigenvalue weighted by molar-refractivity contribution is -0.119. The van der Waals surface area contributed by atoms with Gasteiger partial charge in [0.25, 0.3) is 5.91 Å². The van der Waals surface area contributed by atoms with Gasteiger partial charge in [0.1, 0.15) is 11.3 Å². The number of aromatic hydroxyl groups is 1. The van der Waals surface area contributed by atoms with Crippen molar-refractivity contribution in [1.29, 1.82) is 0 Å². The summed E-state index contributed by atoms with van der Waals surface area (Å²) in [6, 6.07) is 8.61. The van der Waals surface area contributed by atoms with Gasteiger partial charge in [-0.05, 0) is 36.4 Å². The molecular weight excluding hydrogens is 522 g/mol. The number of amides is 1. The summed E-state index contributed by atoms with van der Waals surface area (Å²) >= 11 is 1.17. The standard InChI is InChI=1S/C24H27N3O8S2/c1-5-27(6-2)37(31,32)16-8-9-19(28)17(12-16)23(30)35-13-22(29)26-24-25-18(14-36-24)15-7-10-20(33-3)21(11-15)34-4/h7-12,14,28H,5-6,13H2,1-4H3,(H,25,26,29). The van der Waals surface area contributed by atoms with E-state index in [9.17, 15) is 23.1 Å². The predicted octanol–water partition coefficient (Wildman–Crippen LogP) is 3.36. The molecule has 0 unspecified atom stereocenters. The molecule has 0 saturated carbocycles. The van der Waals surface area contributed by atoms with Gasteiger partial charge in [-0.1, -0.05) is 13.8 Å². The first-order valence-electron chi connectivity index (χ1n) is 11.1. The SMILES string of the molecule is CCN(CC)S(=O)(=O)c1ccc(O)c(C(=O)OCC(=O)Nc2nc(-c3ccc(OC)c(OC)c3)cs2)c1. The maximum Gasteiger partial charge on any atom is 0.342 e. The van der Waals surface area contributed by atoms with Crippen LogP contribution >= 0.6 is 11.3 Å². The van der Waals surface area contributed by atoms with Gasteiger partial charge in [0.05, 0.1) is 24.8 Å². The van der Waals surface area contributed by atoms with Gasteiger partial charge < -0.3 is 19.3 Å². The Labute approximate surface area is 218 Å². The zero-order valence-electron chi connectivity index (χ0n) is 20.7. The molecule has 0 aliphatic heterocycles. The van der Waals surface area contributed by atoms with Crippen molar-refractivity contribution in [1.82, 2.24) is 9.29 Å². The Bertz CT molecular complexity index is 1380. The zero-order chi connectivity index (χ0) is 27.2. The molecule has 1 heterocycles. The number of carbonyl (C=O) groups excluding carboxylic acids is 2. The molecule has 0 aliphatic rings. The molecule has 2 N–H and O–H groups in total. The number of esters is 1. The largest absolute Gasteiger partial charge is 0.507 e. The molecule has 1 amide bonds. The molecule has 3 aromatic rings. The number of nitrogens with one attached hydrogen (secondary N) is 1. The van der Waals surface area contributed by atoms with Crippen LogP contribution in [0.4, 0.5) is 5.13 Å². The molecule has 198 valence electrons. The van der Waals surface area contributed by atoms with Gasteiger partial charge in [-0.25, -0.2) is 18.2 Å². The molecule has 0 aliphatic carbocycles. The maximum atomic E-state index is 12.7. The summed E-state index contributed by atoms with van der Waals surface area (Å²) in [5.41, 5.74) is 0.969. The van der Waals surface area contributed by atoms with Crippen LogP contribution in [0.3, 0.4) is 0 Å². The number of hydrogen-bond donors (Lipinski definition) is 2. The number of ether oxygens (including phenoxy) is 3. The molecule has 0 bridgehead atoms. The van der Waals surface area contributed by atoms with Crippen LogP contribution in [0.15, 0.2) is 46.7 Å². The van der Waals surface area contributed by atoms with Crippen LogP contribution in [0, 0.1) is 0 Å². The molecule has 11 nitrogen and oxygen atoms in total. The summed E-state index contributed by atoms with van der Waals surface area (Å²) in [6.07, 6.45) is 0. The zero-order valence-corrected chi connectivity index (χ0v) is 22.3. The number of benzene rings is 2. The lowest BCUT2D eigenvalue weighted by Crippen LogP contribution is -2.30. The van der Waals surface area contributed by atoms with Gasteiger partial charge in [-0.2, -0.15) is 4.31 Å². The highest BCUT2D eigenvalue weighted by atomic mass is 32.2. The van der Waals surface area contributed by atoms with Crippen molar-refractivity contribution in [3.63, 3.8) is 0 Å². The van der Waals surface area contributed by atoms with Crippen molar-refractivity contribution in [2.24, 2.45) is 0 Å². The smallest absolute Gasteiger partial charge is 0.342 e. The highest BCUT2D eigenvalue weighted by Crippen LogP contribution is 2.33. The third-order valence-corrected chi connectivity index (χ3v) is 8.10. The number of carbonyl (C=O) groups is 2. The minimum Gasteiger partial charge on any atom is -0.507 e. The summed E-state index contributed by atoms with van der Waals surface area (Å²) in [6.45, 7) is 3.19. The van der Waals surface area contributed by atoms with Crippen LogP contribution in [0.2, 0.25) is 0 Å². The monoisotopic (exact) mass is 549 g/mol. The molecular formula is C24H27N3O8S2. The number of rotatable bonds is 11. The van der Waals surface area contributed by atoms with Gasteiger partial charge in [0.15, 0.2) is 23.2 Å². The fourth-order valence-corrected chi connectivity index (χ4v) is 5.60. The van der Waals surface area contributed by atoms with Gasteiger partial charge in [0, 0.05) is 24.0 Å². The molecule has 0 spiro atoms. The highest BCUT2D eigenvalue weighted by molar-refractivity contribution is 7.89. The van der Waals surface area contributed by atoms with E-state index >= 15 is 0 Å². The lowest BCUT2D eigenvalue weighted by atomic mass is 10.1. The molecule has 1 aromatic heterocycles. The van der Waals surface area contributed by atoms with Crippen LogP contribution < -0.4 is 14.8 Å². The van der Waals surface area contributed by atoms with Crippen LogP contribution in [-0.4, -0.2) is 68.6 Å². The average Bonchev–Trinajstić information content (AvgIpc) is 3.35. The minimum atomic E-state index is -3.86. The summed E-state index contributed by atoms with van der Waals surface area (Å²) < 4.78 is 42.2. The van der Waals surface area contributed by atoms with E-state index in [0.717, 1.165) is 17.7 Å². The Kier molecular flexibility index (Phi) is 9.08. The summed E-state index contributed by atoms with van der Waals surface area (Å²) in [5, 5.41) is 14.6. The number of phenolic OH excluding ortho intramolecular Hbond substituents is 1. The van der Waals surface area contributed by atoms with E-state index in [-0.39, 0.29) is 28.7 Å². The molecule has 0 fully saturated rings. The topological polar surface area (TPSA) is 144 Å². The van der Waals surface area contributed by atoms with E-state index in [1.54, 1.807) is 37.4 Å². The number of phenols is 1. The first-order valence-corrected chi connectivity index (χ1v) is 13.4. The molecule has 0 atom stereocenters. The lowest BCUT2D eigenvalue weighted by Gasteiger charge is -2.19. The third kappa shape index (κ3) is 6.37. The van der Waals surface area contributed by atoms with Gasteiger partial charge in [-0.15, -0.1) is 11.3 Å². The average molecular weight is 550 g/mol. The number of nitrogens with zero attached hydrogens (tertiary/aromatic N) is 2. The number of anilines is 1. The van der Waals surface area contributed by atoms with Crippen molar-refractivity contribution in [2.45, 2.75) is 18.7 Å². The van der Waals surface area contributed by atoms with Crippen molar-refractivity contribution in [2.75, 3.05) is 39.2 Å². The molecule has 13 heteroatoms. The normalized spacial score (nSPS) is 11.3. The third-order valence-electron chi connectivity index (χ3n) is 5.30. The van der Waals surface area contributed by atoms with Crippen LogP contribution in [0.25, 0.3) is 11.3 Å². The van der Waals surface area contributed by atoms with E-state index in [4.69, 9.17) is 14.2 Å². The molecule has 0 saturated heterocycles. The van der Waals surface area contributed by atoms with Crippen LogP contribution in [-0.2, 0) is 19.6 Å². The Hall–Kier alpha value is -3.68. The number of hydrogen-bond acceptors (Lipinski definition) is 10. The van der Waals surface area contributed by atoms with Crippen molar-refractivity contribution in [3.05, 3.63) is 47.3 Å². The summed E-state index contributed by atoms with van der Waals surface area (Å²) in [4.78, 5) is 29.0. The van der Waals surface area contributed by atoms with E-state index in [1.165, 1.54) is 35.9 Å². The second kappa shape index (κ2) is 12.0. The fraction of sp³-hybridized carbons (Fsp3) is 0.292. The molecule has 37 heavy (non-hydrogen) atoms. The van der Waals surface area contributed by atoms with E-state index in [1.807, 2.05) is 0 Å². The molecule has 0 radical (unpaired) electrons. The van der Waals surface area contributed by atoms with Crippen LogP contribution in [0.1, 0.15) is 24.2 Å². The summed E-state index contributed by atoms with van der Waals surface area (Å²) in [5.74, 6) is -1.08. The second-order valence-corrected chi connectivity index (χ2v) is 10.3.